The van der Waals surface area contributed by atoms with E-state index in [1.807, 2.05) is 42.5 Å². The highest BCUT2D eigenvalue weighted by molar-refractivity contribution is 7.89. The van der Waals surface area contributed by atoms with Crippen molar-refractivity contribution in [3.63, 3.8) is 0 Å². The van der Waals surface area contributed by atoms with Gasteiger partial charge in [0, 0.05) is 6.54 Å². The van der Waals surface area contributed by atoms with Gasteiger partial charge in [0.05, 0.1) is 12.0 Å². The van der Waals surface area contributed by atoms with Crippen LogP contribution in [0.15, 0.2) is 83.4 Å². The van der Waals surface area contributed by atoms with Gasteiger partial charge in [-0.15, -0.1) is 0 Å². The summed E-state index contributed by atoms with van der Waals surface area (Å²) >= 11 is 0. The average molecular weight is 465 g/mol. The molecular formula is C25H24N2O5S. The summed E-state index contributed by atoms with van der Waals surface area (Å²) in [5.74, 6) is -1.28. The molecule has 0 radical (unpaired) electrons. The van der Waals surface area contributed by atoms with Crippen LogP contribution in [0, 0.1) is 0 Å². The van der Waals surface area contributed by atoms with E-state index in [0.29, 0.717) is 12.8 Å². The number of rotatable bonds is 6. The molecule has 1 aliphatic rings. The van der Waals surface area contributed by atoms with E-state index in [9.17, 15) is 18.0 Å². The Morgan fingerprint density at radius 2 is 1.70 bits per heavy atom. The number of hydrogen-bond acceptors (Lipinski definition) is 5. The van der Waals surface area contributed by atoms with Crippen molar-refractivity contribution in [3.05, 3.63) is 84.1 Å². The molecule has 0 aromatic heterocycles. The monoisotopic (exact) mass is 464 g/mol. The molecule has 1 aliphatic heterocycles. The van der Waals surface area contributed by atoms with Gasteiger partial charge < -0.3 is 10.1 Å². The zero-order valence-corrected chi connectivity index (χ0v) is 18.9. The number of sulfonamides is 1. The summed E-state index contributed by atoms with van der Waals surface area (Å²) in [6.07, 6.45) is 2.46. The van der Waals surface area contributed by atoms with Gasteiger partial charge >= 0.3 is 5.97 Å². The Hall–Kier alpha value is -3.49. The number of benzene rings is 3. The van der Waals surface area contributed by atoms with Crippen LogP contribution < -0.4 is 5.32 Å². The van der Waals surface area contributed by atoms with Crippen molar-refractivity contribution in [2.75, 3.05) is 13.7 Å². The Morgan fingerprint density at radius 3 is 2.45 bits per heavy atom. The molecule has 0 bridgehead atoms. The number of nitrogens with one attached hydrogen (secondary N) is 1. The van der Waals surface area contributed by atoms with E-state index < -0.39 is 27.9 Å². The summed E-state index contributed by atoms with van der Waals surface area (Å²) in [5, 5.41) is 4.51. The SMILES string of the molecule is COC(=O)/C(=C/c1cccc2ccccc12)NC(=O)[C@@H]1CCCN1S(=O)(=O)c1ccccc1. The summed E-state index contributed by atoms with van der Waals surface area (Å²) in [6, 6.07) is 20.4. The number of carbonyl (C=O) groups excluding carboxylic acids is 2. The van der Waals surface area contributed by atoms with Gasteiger partial charge in [0.1, 0.15) is 11.7 Å². The molecule has 0 spiro atoms. The molecule has 0 unspecified atom stereocenters. The van der Waals surface area contributed by atoms with Gasteiger partial charge in [-0.05, 0) is 47.4 Å². The van der Waals surface area contributed by atoms with Crippen LogP contribution in [0.4, 0.5) is 0 Å². The van der Waals surface area contributed by atoms with Crippen LogP contribution in [0.1, 0.15) is 18.4 Å². The number of esters is 1. The molecule has 3 aromatic carbocycles. The van der Waals surface area contributed by atoms with E-state index in [4.69, 9.17) is 4.74 Å². The zero-order chi connectivity index (χ0) is 23.4. The smallest absolute Gasteiger partial charge is 0.354 e. The van der Waals surface area contributed by atoms with Gasteiger partial charge in [0.25, 0.3) is 0 Å². The summed E-state index contributed by atoms with van der Waals surface area (Å²) in [4.78, 5) is 25.7. The second kappa shape index (κ2) is 9.56. The van der Waals surface area contributed by atoms with E-state index in [1.54, 1.807) is 24.3 Å². The van der Waals surface area contributed by atoms with Gasteiger partial charge in [-0.2, -0.15) is 4.31 Å². The first kappa shape index (κ1) is 22.7. The van der Waals surface area contributed by atoms with Crippen LogP contribution in [0.5, 0.6) is 0 Å². The third kappa shape index (κ3) is 4.67. The Balaban J connectivity index is 1.64. The average Bonchev–Trinajstić information content (AvgIpc) is 3.35. The zero-order valence-electron chi connectivity index (χ0n) is 18.1. The molecule has 1 heterocycles. The van der Waals surface area contributed by atoms with Crippen LogP contribution in [0.2, 0.25) is 0 Å². The van der Waals surface area contributed by atoms with Crippen molar-refractivity contribution in [3.8, 4) is 0 Å². The van der Waals surface area contributed by atoms with Crippen molar-refractivity contribution >= 4 is 38.7 Å². The molecule has 1 atom stereocenters. The molecule has 4 rings (SSSR count). The lowest BCUT2D eigenvalue weighted by molar-refractivity contribution is -0.138. The second-order valence-corrected chi connectivity index (χ2v) is 9.58. The fourth-order valence-corrected chi connectivity index (χ4v) is 5.70. The van der Waals surface area contributed by atoms with E-state index >= 15 is 0 Å². The van der Waals surface area contributed by atoms with E-state index in [1.165, 1.54) is 23.5 Å². The molecule has 0 saturated carbocycles. The molecule has 1 saturated heterocycles. The van der Waals surface area contributed by atoms with Crippen molar-refractivity contribution in [2.24, 2.45) is 0 Å². The predicted molar refractivity (Wildman–Crippen MR) is 125 cm³/mol. The molecule has 1 N–H and O–H groups in total. The summed E-state index contributed by atoms with van der Waals surface area (Å²) in [5.41, 5.74) is 0.678. The van der Waals surface area contributed by atoms with E-state index in [2.05, 4.69) is 5.32 Å². The predicted octanol–water partition coefficient (Wildman–Crippen LogP) is 3.32. The standard InChI is InChI=1S/C25H24N2O5S/c1-32-25(29)22(17-19-11-7-10-18-9-5-6-14-21(18)19)26-24(28)23-15-8-16-27(23)33(30,31)20-12-3-2-4-13-20/h2-7,9-14,17,23H,8,15-16H2,1H3,(H,26,28)/b22-17-/t23-/m0/s1. The maximum atomic E-state index is 13.2. The quantitative estimate of drug-likeness (QED) is 0.446. The lowest BCUT2D eigenvalue weighted by Gasteiger charge is -2.23. The second-order valence-electron chi connectivity index (χ2n) is 7.69. The van der Waals surface area contributed by atoms with Crippen LogP contribution >= 0.6 is 0 Å². The van der Waals surface area contributed by atoms with E-state index in [0.717, 1.165) is 16.3 Å². The molecule has 1 fully saturated rings. The van der Waals surface area contributed by atoms with Gasteiger partial charge in [-0.25, -0.2) is 13.2 Å². The third-order valence-electron chi connectivity index (χ3n) is 5.64. The number of methoxy groups -OCH3 is 1. The summed E-state index contributed by atoms with van der Waals surface area (Å²) in [7, 11) is -2.62. The van der Waals surface area contributed by atoms with Gasteiger partial charge in [0.15, 0.2) is 0 Å². The molecule has 33 heavy (non-hydrogen) atoms. The minimum Gasteiger partial charge on any atom is -0.464 e. The highest BCUT2D eigenvalue weighted by atomic mass is 32.2. The van der Waals surface area contributed by atoms with Crippen molar-refractivity contribution in [1.82, 2.24) is 9.62 Å². The lowest BCUT2D eigenvalue weighted by Crippen LogP contribution is -2.46. The minimum atomic E-state index is -3.85. The first-order valence-corrected chi connectivity index (χ1v) is 12.0. The van der Waals surface area contributed by atoms with Crippen LogP contribution in [-0.2, 0) is 24.3 Å². The van der Waals surface area contributed by atoms with Crippen LogP contribution in [0.3, 0.4) is 0 Å². The number of ether oxygens (including phenoxy) is 1. The largest absolute Gasteiger partial charge is 0.464 e. The summed E-state index contributed by atoms with van der Waals surface area (Å²) in [6.45, 7) is 0.232. The first-order chi connectivity index (χ1) is 15.9. The maximum absolute atomic E-state index is 13.2. The number of carbonyl (C=O) groups is 2. The Labute approximate surface area is 192 Å². The first-order valence-electron chi connectivity index (χ1n) is 10.6. The number of hydrogen-bond donors (Lipinski definition) is 1. The molecule has 7 nitrogen and oxygen atoms in total. The number of fused-ring (bicyclic) bond motifs is 1. The Bertz CT molecular complexity index is 1310. The third-order valence-corrected chi connectivity index (χ3v) is 7.56. The molecule has 3 aromatic rings. The lowest BCUT2D eigenvalue weighted by atomic mass is 10.0. The number of nitrogens with zero attached hydrogens (tertiary/aromatic N) is 1. The van der Waals surface area contributed by atoms with Crippen molar-refractivity contribution in [1.29, 1.82) is 0 Å². The Kier molecular flexibility index (Phi) is 6.57. The number of amides is 1. The molecule has 1 amide bonds. The van der Waals surface area contributed by atoms with Crippen LogP contribution in [-0.4, -0.2) is 44.3 Å². The van der Waals surface area contributed by atoms with Crippen molar-refractivity contribution < 1.29 is 22.7 Å². The normalized spacial score (nSPS) is 17.1. The van der Waals surface area contributed by atoms with Crippen molar-refractivity contribution in [2.45, 2.75) is 23.8 Å². The fraction of sp³-hybridized carbons (Fsp3) is 0.200. The Morgan fingerprint density at radius 1 is 1.00 bits per heavy atom. The highest BCUT2D eigenvalue weighted by Gasteiger charge is 2.39. The van der Waals surface area contributed by atoms with Gasteiger partial charge in [-0.1, -0.05) is 60.7 Å². The minimum absolute atomic E-state index is 0.0530. The maximum Gasteiger partial charge on any atom is 0.354 e. The fourth-order valence-electron chi connectivity index (χ4n) is 4.02. The van der Waals surface area contributed by atoms with E-state index in [-0.39, 0.29) is 17.1 Å². The van der Waals surface area contributed by atoms with Gasteiger partial charge in [0.2, 0.25) is 15.9 Å². The molecule has 8 heteroatoms. The van der Waals surface area contributed by atoms with Crippen LogP contribution in [0.25, 0.3) is 16.8 Å². The summed E-state index contributed by atoms with van der Waals surface area (Å²) < 4.78 is 32.3. The molecule has 170 valence electrons. The highest BCUT2D eigenvalue weighted by Crippen LogP contribution is 2.27. The molecule has 0 aliphatic carbocycles. The molecular weight excluding hydrogens is 440 g/mol. The van der Waals surface area contributed by atoms with Gasteiger partial charge in [-0.3, -0.25) is 4.79 Å². The topological polar surface area (TPSA) is 92.8 Å².